The van der Waals surface area contributed by atoms with E-state index in [1.54, 1.807) is 0 Å². The predicted octanol–water partition coefficient (Wildman–Crippen LogP) is 8.09. The minimum absolute atomic E-state index is 1.01. The van der Waals surface area contributed by atoms with Gasteiger partial charge in [-0.15, -0.1) is 0 Å². The van der Waals surface area contributed by atoms with Crippen LogP contribution in [-0.4, -0.2) is 26.2 Å². The summed E-state index contributed by atoms with van der Waals surface area (Å²) in [7, 11) is 0. The zero-order chi connectivity index (χ0) is 22.3. The van der Waals surface area contributed by atoms with Crippen LogP contribution < -0.4 is 9.80 Å². The highest BCUT2D eigenvalue weighted by Crippen LogP contribution is 2.29. The molecule has 2 aromatic rings. The lowest BCUT2D eigenvalue weighted by atomic mass is 9.99. The van der Waals surface area contributed by atoms with E-state index in [1.807, 2.05) is 0 Å². The molecule has 2 aromatic carbocycles. The van der Waals surface area contributed by atoms with Gasteiger partial charge >= 0.3 is 0 Å². The van der Waals surface area contributed by atoms with E-state index in [1.165, 1.54) is 73.9 Å². The van der Waals surface area contributed by atoms with Gasteiger partial charge in [-0.3, -0.25) is 0 Å². The molecule has 0 aromatic heterocycles. The van der Waals surface area contributed by atoms with Crippen molar-refractivity contribution in [1.29, 1.82) is 0 Å². The Kier molecular flexibility index (Phi) is 12.2. The van der Waals surface area contributed by atoms with Crippen molar-refractivity contribution in [3.63, 3.8) is 0 Å². The number of unbranched alkanes of at least 4 members (excludes halogenated alkanes) is 4. The first-order valence-electron chi connectivity index (χ1n) is 12.9. The van der Waals surface area contributed by atoms with Crippen molar-refractivity contribution in [2.75, 3.05) is 36.0 Å². The number of para-hydroxylation sites is 2. The van der Waals surface area contributed by atoms with Crippen LogP contribution in [0.3, 0.4) is 0 Å². The Labute approximate surface area is 192 Å². The maximum atomic E-state index is 2.64. The predicted molar refractivity (Wildman–Crippen MR) is 140 cm³/mol. The molecule has 0 bridgehead atoms. The highest BCUT2D eigenvalue weighted by molar-refractivity contribution is 5.60. The Hall–Kier alpha value is -1.96. The van der Waals surface area contributed by atoms with Gasteiger partial charge in [0.15, 0.2) is 0 Å². The third kappa shape index (κ3) is 8.24. The first kappa shape index (κ1) is 25.3. The lowest BCUT2D eigenvalue weighted by Gasteiger charge is -2.29. The summed E-state index contributed by atoms with van der Waals surface area (Å²) in [5, 5.41) is 0. The second kappa shape index (κ2) is 14.9. The van der Waals surface area contributed by atoms with E-state index in [4.69, 9.17) is 0 Å². The highest BCUT2D eigenvalue weighted by Gasteiger charge is 2.15. The zero-order valence-electron chi connectivity index (χ0n) is 20.7. The van der Waals surface area contributed by atoms with Gasteiger partial charge < -0.3 is 9.80 Å². The van der Waals surface area contributed by atoms with Crippen molar-refractivity contribution in [3.05, 3.63) is 59.7 Å². The molecule has 172 valence electrons. The second-order valence-electron chi connectivity index (χ2n) is 8.82. The molecule has 2 heteroatoms. The lowest BCUT2D eigenvalue weighted by Crippen LogP contribution is -2.27. The molecule has 2 rings (SSSR count). The molecule has 0 unspecified atom stereocenters. The van der Waals surface area contributed by atoms with E-state index < -0.39 is 0 Å². The quantitative estimate of drug-likeness (QED) is 0.270. The van der Waals surface area contributed by atoms with E-state index in [-0.39, 0.29) is 0 Å². The molecule has 0 N–H and O–H groups in total. The first-order chi connectivity index (χ1) is 15.2. The topological polar surface area (TPSA) is 6.48 Å². The Morgan fingerprint density at radius 3 is 1.13 bits per heavy atom. The second-order valence-corrected chi connectivity index (χ2v) is 8.82. The third-order valence-electron chi connectivity index (χ3n) is 6.17. The number of hydrogen-bond acceptors (Lipinski definition) is 2. The van der Waals surface area contributed by atoms with Crippen LogP contribution in [0.25, 0.3) is 0 Å². The van der Waals surface area contributed by atoms with Crippen LogP contribution in [0, 0.1) is 0 Å². The minimum Gasteiger partial charge on any atom is -0.371 e. The van der Waals surface area contributed by atoms with E-state index in [2.05, 4.69) is 86.0 Å². The summed E-state index contributed by atoms with van der Waals surface area (Å²) in [6.45, 7) is 13.8. The van der Waals surface area contributed by atoms with Crippen LogP contribution in [0.15, 0.2) is 48.5 Å². The van der Waals surface area contributed by atoms with Crippen LogP contribution in [0.1, 0.15) is 90.2 Å². The van der Waals surface area contributed by atoms with Crippen molar-refractivity contribution in [2.45, 2.75) is 85.5 Å². The molecule has 0 spiro atoms. The van der Waals surface area contributed by atoms with Gasteiger partial charge in [-0.05, 0) is 48.9 Å². The fourth-order valence-corrected chi connectivity index (χ4v) is 4.24. The molecule has 31 heavy (non-hydrogen) atoms. The average molecular weight is 423 g/mol. The van der Waals surface area contributed by atoms with Crippen LogP contribution in [0.2, 0.25) is 0 Å². The average Bonchev–Trinajstić information content (AvgIpc) is 2.80. The molecular weight excluding hydrogens is 376 g/mol. The molecule has 0 fully saturated rings. The summed E-state index contributed by atoms with van der Waals surface area (Å²) in [6.07, 6.45) is 11.0. The van der Waals surface area contributed by atoms with Crippen LogP contribution in [0.5, 0.6) is 0 Å². The fraction of sp³-hybridized carbons (Fsp3) is 0.586. The smallest absolute Gasteiger partial charge is 0.0402 e. The van der Waals surface area contributed by atoms with Crippen LogP contribution in [0.4, 0.5) is 11.4 Å². The highest BCUT2D eigenvalue weighted by atomic mass is 15.1. The molecular formula is C29H46N2. The van der Waals surface area contributed by atoms with Gasteiger partial charge in [0.25, 0.3) is 0 Å². The van der Waals surface area contributed by atoms with Crippen molar-refractivity contribution in [1.82, 2.24) is 0 Å². The van der Waals surface area contributed by atoms with E-state index in [9.17, 15) is 0 Å². The lowest BCUT2D eigenvalue weighted by molar-refractivity contribution is 0.673. The van der Waals surface area contributed by atoms with Crippen molar-refractivity contribution >= 4 is 11.4 Å². The van der Waals surface area contributed by atoms with E-state index in [0.29, 0.717) is 0 Å². The Morgan fingerprint density at radius 1 is 0.484 bits per heavy atom. The molecule has 0 radical (unpaired) electrons. The van der Waals surface area contributed by atoms with Gasteiger partial charge in [0.2, 0.25) is 0 Å². The third-order valence-corrected chi connectivity index (χ3v) is 6.17. The molecule has 2 nitrogen and oxygen atoms in total. The zero-order valence-corrected chi connectivity index (χ0v) is 20.7. The molecule has 0 amide bonds. The van der Waals surface area contributed by atoms with Gasteiger partial charge in [-0.2, -0.15) is 0 Å². The van der Waals surface area contributed by atoms with Crippen molar-refractivity contribution in [2.24, 2.45) is 0 Å². The molecule has 0 aliphatic rings. The van der Waals surface area contributed by atoms with Crippen LogP contribution in [-0.2, 0) is 6.42 Å². The van der Waals surface area contributed by atoms with Gasteiger partial charge in [0, 0.05) is 44.0 Å². The fourth-order valence-electron chi connectivity index (χ4n) is 4.24. The summed E-state index contributed by atoms with van der Waals surface area (Å²) in [6, 6.07) is 18.2. The molecule has 0 heterocycles. The monoisotopic (exact) mass is 422 g/mol. The summed E-state index contributed by atoms with van der Waals surface area (Å²) < 4.78 is 0. The Balaban J connectivity index is 2.32. The van der Waals surface area contributed by atoms with Crippen molar-refractivity contribution < 1.29 is 0 Å². The van der Waals surface area contributed by atoms with Gasteiger partial charge in [0.1, 0.15) is 0 Å². The summed E-state index contributed by atoms with van der Waals surface area (Å²) in [5.41, 5.74) is 5.81. The normalized spacial score (nSPS) is 11.0. The maximum absolute atomic E-state index is 2.64. The largest absolute Gasteiger partial charge is 0.371 e. The van der Waals surface area contributed by atoms with Gasteiger partial charge in [-0.1, -0.05) is 89.8 Å². The van der Waals surface area contributed by atoms with Gasteiger partial charge in [0.05, 0.1) is 0 Å². The standard InChI is InChI=1S/C29H46N2/c1-5-9-21-30(22-10-6-2)28-19-15-13-17-26(28)25-27-18-14-16-20-29(27)31(23-11-7-3)24-12-8-4/h13-20H,5-12,21-25H2,1-4H3. The first-order valence-corrected chi connectivity index (χ1v) is 12.9. The van der Waals surface area contributed by atoms with Gasteiger partial charge in [-0.25, -0.2) is 0 Å². The minimum atomic E-state index is 1.01. The number of benzene rings is 2. The summed E-state index contributed by atoms with van der Waals surface area (Å²) in [4.78, 5) is 5.27. The number of rotatable bonds is 16. The van der Waals surface area contributed by atoms with E-state index >= 15 is 0 Å². The molecule has 0 atom stereocenters. The SMILES string of the molecule is CCCCN(CCCC)c1ccccc1Cc1ccccc1N(CCCC)CCCC. The maximum Gasteiger partial charge on any atom is 0.0402 e. The molecule has 0 aliphatic carbocycles. The number of nitrogens with zero attached hydrogens (tertiary/aromatic N) is 2. The Bertz CT molecular complexity index is 647. The Morgan fingerprint density at radius 2 is 0.806 bits per heavy atom. The van der Waals surface area contributed by atoms with E-state index in [0.717, 1.165) is 32.6 Å². The molecule has 0 aliphatic heterocycles. The summed E-state index contributed by atoms with van der Waals surface area (Å²) in [5.74, 6) is 0. The molecule has 0 saturated carbocycles. The molecule has 0 saturated heterocycles. The number of anilines is 2. The summed E-state index contributed by atoms with van der Waals surface area (Å²) >= 11 is 0. The van der Waals surface area contributed by atoms with Crippen molar-refractivity contribution in [3.8, 4) is 0 Å². The van der Waals surface area contributed by atoms with Crippen LogP contribution >= 0.6 is 0 Å². The number of hydrogen-bond donors (Lipinski definition) is 0.